The Labute approximate surface area is 162 Å². The lowest BCUT2D eigenvalue weighted by atomic mass is 10.0. The number of methoxy groups -OCH3 is 1. The largest absolute Gasteiger partial charge is 0.467 e. The van der Waals surface area contributed by atoms with Gasteiger partial charge in [0.15, 0.2) is 0 Å². The molecule has 0 aliphatic carbocycles. The van der Waals surface area contributed by atoms with E-state index in [0.717, 1.165) is 0 Å². The fraction of sp³-hybridized carbons (Fsp3) is 0.579. The first-order chi connectivity index (χ1) is 12.6. The molecule has 1 N–H and O–H groups in total. The number of sulfonamides is 1. The number of hydrogen-bond acceptors (Lipinski definition) is 5. The van der Waals surface area contributed by atoms with E-state index in [0.29, 0.717) is 25.1 Å². The Bertz CT molecular complexity index is 770. The highest BCUT2D eigenvalue weighted by Gasteiger charge is 2.26. The highest BCUT2D eigenvalue weighted by Crippen LogP contribution is 2.20. The van der Waals surface area contributed by atoms with E-state index in [2.05, 4.69) is 5.32 Å². The molecular formula is C19H30N2O5S. The fourth-order valence-corrected chi connectivity index (χ4v) is 4.27. The minimum Gasteiger partial charge on any atom is -0.467 e. The van der Waals surface area contributed by atoms with Crippen LogP contribution in [-0.4, -0.2) is 50.8 Å². The van der Waals surface area contributed by atoms with Gasteiger partial charge in [-0.15, -0.1) is 0 Å². The number of esters is 1. The Morgan fingerprint density at radius 1 is 1.19 bits per heavy atom. The number of ether oxygens (including phenoxy) is 1. The lowest BCUT2D eigenvalue weighted by Gasteiger charge is -2.21. The summed E-state index contributed by atoms with van der Waals surface area (Å²) < 4.78 is 31.5. The van der Waals surface area contributed by atoms with Crippen LogP contribution in [0.3, 0.4) is 0 Å². The first kappa shape index (κ1) is 23.1. The van der Waals surface area contributed by atoms with Gasteiger partial charge < -0.3 is 10.1 Å². The number of hydrogen-bond donors (Lipinski definition) is 1. The number of carbonyl (C=O) groups is 2. The van der Waals surface area contributed by atoms with Crippen molar-refractivity contribution >= 4 is 21.9 Å². The number of carbonyl (C=O) groups excluding carboxylic acids is 2. The van der Waals surface area contributed by atoms with Crippen LogP contribution in [0.25, 0.3) is 0 Å². The topological polar surface area (TPSA) is 92.8 Å². The van der Waals surface area contributed by atoms with Gasteiger partial charge in [-0.05, 0) is 37.0 Å². The summed E-state index contributed by atoms with van der Waals surface area (Å²) in [7, 11) is -2.41. The van der Waals surface area contributed by atoms with E-state index in [1.54, 1.807) is 26.8 Å². The molecule has 27 heavy (non-hydrogen) atoms. The number of aryl methyl sites for hydroxylation is 1. The number of amides is 1. The van der Waals surface area contributed by atoms with Crippen LogP contribution >= 0.6 is 0 Å². The van der Waals surface area contributed by atoms with Crippen molar-refractivity contribution < 1.29 is 22.7 Å². The van der Waals surface area contributed by atoms with E-state index in [-0.39, 0.29) is 16.4 Å². The third-order valence-electron chi connectivity index (χ3n) is 4.29. The molecule has 8 heteroatoms. The average molecular weight is 399 g/mol. The molecule has 152 valence electrons. The van der Waals surface area contributed by atoms with E-state index in [1.165, 1.54) is 23.5 Å². The highest BCUT2D eigenvalue weighted by molar-refractivity contribution is 7.89. The van der Waals surface area contributed by atoms with Gasteiger partial charge in [-0.1, -0.05) is 33.8 Å². The maximum atomic E-state index is 12.7. The van der Waals surface area contributed by atoms with Gasteiger partial charge in [-0.3, -0.25) is 4.79 Å². The van der Waals surface area contributed by atoms with Crippen LogP contribution in [0.4, 0.5) is 0 Å². The predicted octanol–water partition coefficient (Wildman–Crippen LogP) is 2.34. The van der Waals surface area contributed by atoms with Crippen molar-refractivity contribution in [2.24, 2.45) is 5.92 Å². The minimum absolute atomic E-state index is 0.0560. The smallest absolute Gasteiger partial charge is 0.328 e. The van der Waals surface area contributed by atoms with Crippen LogP contribution in [0, 0.1) is 12.8 Å². The minimum atomic E-state index is -3.68. The van der Waals surface area contributed by atoms with Crippen LogP contribution < -0.4 is 5.32 Å². The number of nitrogens with one attached hydrogen (secondary N) is 1. The molecule has 0 fully saturated rings. The summed E-state index contributed by atoms with van der Waals surface area (Å²) in [6.45, 7) is 9.79. The molecule has 1 aromatic carbocycles. The summed E-state index contributed by atoms with van der Waals surface area (Å²) in [6, 6.07) is 3.67. The number of rotatable bonds is 9. The third kappa shape index (κ3) is 5.77. The van der Waals surface area contributed by atoms with Crippen molar-refractivity contribution in [3.8, 4) is 0 Å². The first-order valence-corrected chi connectivity index (χ1v) is 10.5. The molecule has 0 aromatic heterocycles. The average Bonchev–Trinajstić information content (AvgIpc) is 2.60. The Kier molecular flexibility index (Phi) is 8.43. The van der Waals surface area contributed by atoms with E-state index in [4.69, 9.17) is 4.74 Å². The second-order valence-corrected chi connectivity index (χ2v) is 8.68. The van der Waals surface area contributed by atoms with Gasteiger partial charge in [-0.2, -0.15) is 4.31 Å². The lowest BCUT2D eigenvalue weighted by Crippen LogP contribution is -2.42. The SMILES string of the molecule is CCN(CC)S(=O)(=O)c1ccc(C)c(C(=O)N[C@H](CC(C)C)C(=O)OC)c1. The molecule has 1 amide bonds. The second-order valence-electron chi connectivity index (χ2n) is 6.74. The van der Waals surface area contributed by atoms with Gasteiger partial charge >= 0.3 is 5.97 Å². The van der Waals surface area contributed by atoms with Crippen molar-refractivity contribution in [2.75, 3.05) is 20.2 Å². The molecule has 0 heterocycles. The predicted molar refractivity (Wildman–Crippen MR) is 104 cm³/mol. The summed E-state index contributed by atoms with van der Waals surface area (Å²) in [4.78, 5) is 24.7. The standard InChI is InChI=1S/C19H30N2O5S/c1-7-21(8-2)27(24,25)15-10-9-14(5)16(12-15)18(22)20-17(11-13(3)4)19(23)26-6/h9-10,12-13,17H,7-8,11H2,1-6H3,(H,20,22)/t17-/m1/s1. The van der Waals surface area contributed by atoms with E-state index in [1.807, 2.05) is 13.8 Å². The maximum Gasteiger partial charge on any atom is 0.328 e. The summed E-state index contributed by atoms with van der Waals surface area (Å²) in [5.74, 6) is -0.855. The normalized spacial score (nSPS) is 12.9. The molecule has 0 bridgehead atoms. The van der Waals surface area contributed by atoms with Crippen molar-refractivity contribution in [2.45, 2.75) is 52.0 Å². The molecule has 0 spiro atoms. The molecule has 1 rings (SSSR count). The molecule has 0 aliphatic heterocycles. The zero-order chi connectivity index (χ0) is 20.8. The molecule has 0 radical (unpaired) electrons. The fourth-order valence-electron chi connectivity index (χ4n) is 2.78. The van der Waals surface area contributed by atoms with Crippen molar-refractivity contribution in [1.82, 2.24) is 9.62 Å². The van der Waals surface area contributed by atoms with Crippen molar-refractivity contribution in [3.05, 3.63) is 29.3 Å². The zero-order valence-corrected chi connectivity index (χ0v) is 17.7. The van der Waals surface area contributed by atoms with Gasteiger partial charge in [0.1, 0.15) is 6.04 Å². The van der Waals surface area contributed by atoms with Crippen LogP contribution in [-0.2, 0) is 19.6 Å². The van der Waals surface area contributed by atoms with Crippen LogP contribution in [0.1, 0.15) is 50.0 Å². The Hall–Kier alpha value is -1.93. The van der Waals surface area contributed by atoms with Gasteiger partial charge in [0.05, 0.1) is 12.0 Å². The van der Waals surface area contributed by atoms with Gasteiger partial charge in [0, 0.05) is 18.7 Å². The number of benzene rings is 1. The summed E-state index contributed by atoms with van der Waals surface area (Å²) in [5, 5.41) is 2.67. The molecule has 1 atom stereocenters. The monoisotopic (exact) mass is 398 g/mol. The van der Waals surface area contributed by atoms with E-state index >= 15 is 0 Å². The molecule has 1 aromatic rings. The third-order valence-corrected chi connectivity index (χ3v) is 6.34. The second kappa shape index (κ2) is 9.85. The quantitative estimate of drug-likeness (QED) is 0.645. The van der Waals surface area contributed by atoms with Crippen LogP contribution in [0.5, 0.6) is 0 Å². The molecule has 0 aliphatic rings. The van der Waals surface area contributed by atoms with Crippen LogP contribution in [0.15, 0.2) is 23.1 Å². The molecule has 0 saturated heterocycles. The molecular weight excluding hydrogens is 368 g/mol. The summed E-state index contributed by atoms with van der Waals surface area (Å²) >= 11 is 0. The number of nitrogens with zero attached hydrogens (tertiary/aromatic N) is 1. The van der Waals surface area contributed by atoms with Gasteiger partial charge in [-0.25, -0.2) is 13.2 Å². The van der Waals surface area contributed by atoms with Gasteiger partial charge in [0.25, 0.3) is 5.91 Å². The highest BCUT2D eigenvalue weighted by atomic mass is 32.2. The molecule has 7 nitrogen and oxygen atoms in total. The van der Waals surface area contributed by atoms with E-state index in [9.17, 15) is 18.0 Å². The van der Waals surface area contributed by atoms with Crippen molar-refractivity contribution in [1.29, 1.82) is 0 Å². The van der Waals surface area contributed by atoms with Gasteiger partial charge in [0.2, 0.25) is 10.0 Å². The first-order valence-electron chi connectivity index (χ1n) is 9.07. The summed E-state index contributed by atoms with van der Waals surface area (Å²) in [6.07, 6.45) is 0.425. The Balaban J connectivity index is 3.22. The molecule has 0 saturated carbocycles. The maximum absolute atomic E-state index is 12.7. The van der Waals surface area contributed by atoms with Crippen molar-refractivity contribution in [3.63, 3.8) is 0 Å². The zero-order valence-electron chi connectivity index (χ0n) is 16.9. The lowest BCUT2D eigenvalue weighted by molar-refractivity contribution is -0.143. The molecule has 0 unspecified atom stereocenters. The Morgan fingerprint density at radius 3 is 2.26 bits per heavy atom. The summed E-state index contributed by atoms with van der Waals surface area (Å²) in [5.41, 5.74) is 0.847. The Morgan fingerprint density at radius 2 is 1.78 bits per heavy atom. The van der Waals surface area contributed by atoms with E-state index < -0.39 is 27.9 Å². The van der Waals surface area contributed by atoms with Crippen LogP contribution in [0.2, 0.25) is 0 Å².